The van der Waals surface area contributed by atoms with Gasteiger partial charge in [-0.3, -0.25) is 4.79 Å². The first-order valence-electron chi connectivity index (χ1n) is 8.64. The predicted octanol–water partition coefficient (Wildman–Crippen LogP) is 5.04. The first-order valence-corrected chi connectivity index (χ1v) is 9.39. The minimum absolute atomic E-state index is 0.325. The second kappa shape index (κ2) is 9.81. The Morgan fingerprint density at radius 1 is 1.08 bits per heavy atom. The van der Waals surface area contributed by atoms with Crippen LogP contribution < -0.4 is 11.1 Å². The largest absolute Gasteiger partial charge is 0.369 e. The summed E-state index contributed by atoms with van der Waals surface area (Å²) in [5.74, 6) is -0.684. The normalized spacial score (nSPS) is 12.2. The first-order chi connectivity index (χ1) is 12.4. The monoisotopic (exact) mass is 393 g/mol. The zero-order chi connectivity index (χ0) is 19.1. The number of rotatable bonds is 9. The molecule has 0 aliphatic carbocycles. The molecule has 0 bridgehead atoms. The number of nitrogens with one attached hydrogen (secondary N) is 1. The van der Waals surface area contributed by atoms with Gasteiger partial charge in [0.15, 0.2) is 0 Å². The molecule has 2 aromatic rings. The summed E-state index contributed by atoms with van der Waals surface area (Å²) >= 11 is 12.5. The van der Waals surface area contributed by atoms with Crippen LogP contribution in [0.4, 0.5) is 11.4 Å². The van der Waals surface area contributed by atoms with Gasteiger partial charge in [0.2, 0.25) is 5.91 Å². The number of para-hydroxylation sites is 2. The van der Waals surface area contributed by atoms with E-state index in [1.54, 1.807) is 18.2 Å². The third-order valence-corrected chi connectivity index (χ3v) is 4.88. The van der Waals surface area contributed by atoms with E-state index < -0.39 is 0 Å². The van der Waals surface area contributed by atoms with Crippen molar-refractivity contribution in [3.05, 3.63) is 58.1 Å². The van der Waals surface area contributed by atoms with E-state index in [-0.39, 0.29) is 11.8 Å². The van der Waals surface area contributed by atoms with Gasteiger partial charge in [0, 0.05) is 5.69 Å². The molecule has 4 nitrogen and oxygen atoms in total. The van der Waals surface area contributed by atoms with Crippen molar-refractivity contribution in [1.82, 2.24) is 4.90 Å². The standard InChI is InChI=1S/C20H25Cl2N3O/c1-25(2)13-6-5-9-15(20(23)26)14-8-3-4-12-18(14)24-19-16(21)10-7-11-17(19)22/h3-4,7-8,10-12,15,24H,5-6,9,13H2,1-2H3,(H2,23,26). The van der Waals surface area contributed by atoms with Crippen LogP contribution in [0.2, 0.25) is 10.0 Å². The molecule has 6 heteroatoms. The van der Waals surface area contributed by atoms with E-state index >= 15 is 0 Å². The quantitative estimate of drug-likeness (QED) is 0.586. The summed E-state index contributed by atoms with van der Waals surface area (Å²) in [6.07, 6.45) is 2.65. The second-order valence-corrected chi connectivity index (χ2v) is 7.38. The van der Waals surface area contributed by atoms with Crippen LogP contribution in [-0.2, 0) is 4.79 Å². The van der Waals surface area contributed by atoms with E-state index in [0.29, 0.717) is 22.2 Å². The maximum atomic E-state index is 12.1. The molecule has 1 unspecified atom stereocenters. The lowest BCUT2D eigenvalue weighted by Gasteiger charge is -2.20. The summed E-state index contributed by atoms with van der Waals surface area (Å²) < 4.78 is 0. The van der Waals surface area contributed by atoms with Crippen LogP contribution in [0.3, 0.4) is 0 Å². The smallest absolute Gasteiger partial charge is 0.225 e. The van der Waals surface area contributed by atoms with Gasteiger partial charge in [0.05, 0.1) is 21.7 Å². The molecule has 0 saturated carbocycles. The number of carbonyl (C=O) groups excluding carboxylic acids is 1. The van der Waals surface area contributed by atoms with Crippen LogP contribution in [0.15, 0.2) is 42.5 Å². The Bertz CT molecular complexity index is 729. The topological polar surface area (TPSA) is 58.4 Å². The minimum Gasteiger partial charge on any atom is -0.369 e. The van der Waals surface area contributed by atoms with Crippen molar-refractivity contribution in [3.63, 3.8) is 0 Å². The molecule has 1 amide bonds. The number of primary amides is 1. The molecule has 0 aliphatic rings. The summed E-state index contributed by atoms with van der Waals surface area (Å²) in [7, 11) is 4.08. The third-order valence-electron chi connectivity index (χ3n) is 4.25. The Morgan fingerprint density at radius 3 is 2.35 bits per heavy atom. The molecule has 0 spiro atoms. The molecule has 0 aliphatic heterocycles. The molecular formula is C20H25Cl2N3O. The molecule has 0 heterocycles. The molecule has 26 heavy (non-hydrogen) atoms. The minimum atomic E-state index is -0.359. The van der Waals surface area contributed by atoms with E-state index in [2.05, 4.69) is 10.2 Å². The van der Waals surface area contributed by atoms with Gasteiger partial charge in [-0.15, -0.1) is 0 Å². The van der Waals surface area contributed by atoms with Crippen molar-refractivity contribution in [2.24, 2.45) is 5.73 Å². The zero-order valence-corrected chi connectivity index (χ0v) is 16.6. The molecular weight excluding hydrogens is 369 g/mol. The fourth-order valence-corrected chi connectivity index (χ4v) is 3.39. The zero-order valence-electron chi connectivity index (χ0n) is 15.1. The highest BCUT2D eigenvalue weighted by Gasteiger charge is 2.21. The van der Waals surface area contributed by atoms with Crippen molar-refractivity contribution in [2.75, 3.05) is 26.0 Å². The molecule has 140 valence electrons. The number of benzene rings is 2. The summed E-state index contributed by atoms with van der Waals surface area (Å²) in [5.41, 5.74) is 7.98. The van der Waals surface area contributed by atoms with Crippen LogP contribution in [0.25, 0.3) is 0 Å². The van der Waals surface area contributed by atoms with Crippen LogP contribution in [0.1, 0.15) is 30.7 Å². The van der Waals surface area contributed by atoms with E-state index in [9.17, 15) is 4.79 Å². The Morgan fingerprint density at radius 2 is 1.73 bits per heavy atom. The summed E-state index contributed by atoms with van der Waals surface area (Å²) in [6.45, 7) is 0.987. The molecule has 2 aromatic carbocycles. The number of hydrogen-bond donors (Lipinski definition) is 2. The highest BCUT2D eigenvalue weighted by Crippen LogP contribution is 2.36. The van der Waals surface area contributed by atoms with Gasteiger partial charge in [-0.25, -0.2) is 0 Å². The van der Waals surface area contributed by atoms with Crippen molar-refractivity contribution < 1.29 is 4.79 Å². The Kier molecular flexibility index (Phi) is 7.76. The first kappa shape index (κ1) is 20.6. The maximum absolute atomic E-state index is 12.1. The lowest BCUT2D eigenvalue weighted by molar-refractivity contribution is -0.119. The fraction of sp³-hybridized carbons (Fsp3) is 0.350. The maximum Gasteiger partial charge on any atom is 0.225 e. The van der Waals surface area contributed by atoms with Crippen LogP contribution >= 0.6 is 23.2 Å². The predicted molar refractivity (Wildman–Crippen MR) is 111 cm³/mol. The molecule has 0 radical (unpaired) electrons. The Hall–Kier alpha value is -1.75. The molecule has 0 aromatic heterocycles. The highest BCUT2D eigenvalue weighted by molar-refractivity contribution is 6.39. The van der Waals surface area contributed by atoms with Crippen LogP contribution in [0.5, 0.6) is 0 Å². The van der Waals surface area contributed by atoms with Gasteiger partial charge >= 0.3 is 0 Å². The van der Waals surface area contributed by atoms with E-state index in [4.69, 9.17) is 28.9 Å². The molecule has 1 atom stereocenters. The number of halogens is 2. The molecule has 3 N–H and O–H groups in total. The second-order valence-electron chi connectivity index (χ2n) is 6.56. The van der Waals surface area contributed by atoms with Gasteiger partial charge in [0.1, 0.15) is 0 Å². The van der Waals surface area contributed by atoms with Crippen molar-refractivity contribution in [3.8, 4) is 0 Å². The van der Waals surface area contributed by atoms with Gasteiger partial charge < -0.3 is 16.0 Å². The lowest BCUT2D eigenvalue weighted by atomic mass is 9.91. The third kappa shape index (κ3) is 5.63. The highest BCUT2D eigenvalue weighted by atomic mass is 35.5. The fourth-order valence-electron chi connectivity index (χ4n) is 2.89. The Balaban J connectivity index is 2.23. The van der Waals surface area contributed by atoms with Gasteiger partial charge in [0.25, 0.3) is 0 Å². The number of nitrogens with zero attached hydrogens (tertiary/aromatic N) is 1. The van der Waals surface area contributed by atoms with Crippen molar-refractivity contribution in [1.29, 1.82) is 0 Å². The summed E-state index contributed by atoms with van der Waals surface area (Å²) in [4.78, 5) is 14.2. The molecule has 0 saturated heterocycles. The van der Waals surface area contributed by atoms with Crippen LogP contribution in [0, 0.1) is 0 Å². The number of amides is 1. The lowest BCUT2D eigenvalue weighted by Crippen LogP contribution is -2.22. The Labute approximate surface area is 165 Å². The van der Waals surface area contributed by atoms with E-state index in [0.717, 1.165) is 30.6 Å². The summed E-state index contributed by atoms with van der Waals surface area (Å²) in [6, 6.07) is 13.0. The SMILES string of the molecule is CN(C)CCCCC(C(N)=O)c1ccccc1Nc1c(Cl)cccc1Cl. The summed E-state index contributed by atoms with van der Waals surface area (Å²) in [5, 5.41) is 4.32. The van der Waals surface area contributed by atoms with E-state index in [1.165, 1.54) is 0 Å². The number of anilines is 2. The number of nitrogens with two attached hydrogens (primary N) is 1. The molecule has 0 fully saturated rings. The van der Waals surface area contributed by atoms with Crippen molar-refractivity contribution >= 4 is 40.5 Å². The van der Waals surface area contributed by atoms with Crippen LogP contribution in [-0.4, -0.2) is 31.4 Å². The van der Waals surface area contributed by atoms with E-state index in [1.807, 2.05) is 38.4 Å². The van der Waals surface area contributed by atoms with Gasteiger partial charge in [-0.2, -0.15) is 0 Å². The average Bonchev–Trinajstić information content (AvgIpc) is 2.58. The number of hydrogen-bond acceptors (Lipinski definition) is 3. The van der Waals surface area contributed by atoms with Gasteiger partial charge in [-0.05, 0) is 57.2 Å². The average molecular weight is 394 g/mol. The van der Waals surface area contributed by atoms with Crippen molar-refractivity contribution in [2.45, 2.75) is 25.2 Å². The molecule has 2 rings (SSSR count). The number of unbranched alkanes of at least 4 members (excludes halogenated alkanes) is 1. The number of carbonyl (C=O) groups is 1. The van der Waals surface area contributed by atoms with Gasteiger partial charge in [-0.1, -0.05) is 53.9 Å².